The van der Waals surface area contributed by atoms with E-state index in [0.717, 1.165) is 5.56 Å². The molecule has 0 unspecified atom stereocenters. The van der Waals surface area contributed by atoms with Crippen LogP contribution in [0, 0.1) is 18.8 Å². The van der Waals surface area contributed by atoms with Gasteiger partial charge in [0.2, 0.25) is 5.43 Å². The highest BCUT2D eigenvalue weighted by atomic mass is 16.3. The van der Waals surface area contributed by atoms with Crippen molar-refractivity contribution in [3.8, 4) is 23.0 Å². The van der Waals surface area contributed by atoms with Gasteiger partial charge in [-0.2, -0.15) is 5.10 Å². The Morgan fingerprint density at radius 1 is 0.975 bits per heavy atom. The molecule has 4 heterocycles. The molecule has 6 aromatic rings. The topological polar surface area (TPSA) is 102 Å². The molecule has 194 valence electrons. The number of benzene rings is 2. The number of rotatable bonds is 4. The van der Waals surface area contributed by atoms with Crippen molar-refractivity contribution in [3.05, 3.63) is 130 Å². The smallest absolute Gasteiger partial charge is 0.257 e. The van der Waals surface area contributed by atoms with Crippen LogP contribution >= 0.6 is 0 Å². The minimum atomic E-state index is -0.649. The average Bonchev–Trinajstić information content (AvgIpc) is 3.32. The second-order valence-corrected chi connectivity index (χ2v) is 9.24. The van der Waals surface area contributed by atoms with Gasteiger partial charge in [0, 0.05) is 35.9 Å². The summed E-state index contributed by atoms with van der Waals surface area (Å²) in [6.45, 7) is 3.55. The molecular formula is C32H23N5O3. The predicted octanol–water partition coefficient (Wildman–Crippen LogP) is 5.10. The van der Waals surface area contributed by atoms with Gasteiger partial charge in [-0.05, 0) is 49.7 Å². The standard InChI is InChI=1S/C32H23N5O3/c1-20-26(31-34-16-7-19-37(31)36-20)32(39)35-21(2)30-28(23-8-4-3-5-9-23)29(38)27-24(10-6-11-25(27)40-30)13-12-22-14-17-33-18-15-22/h3-11,14-19,21H,1-2H3,(H,35,39)/t21-/m0/s1. The molecule has 1 atom stereocenters. The lowest BCUT2D eigenvalue weighted by molar-refractivity contribution is 0.0936. The molecule has 0 radical (unpaired) electrons. The first-order valence-corrected chi connectivity index (χ1v) is 12.7. The molecule has 8 nitrogen and oxygen atoms in total. The zero-order valence-electron chi connectivity index (χ0n) is 21.8. The van der Waals surface area contributed by atoms with Crippen molar-refractivity contribution in [2.45, 2.75) is 19.9 Å². The van der Waals surface area contributed by atoms with Crippen LogP contribution in [0.1, 0.15) is 45.9 Å². The summed E-state index contributed by atoms with van der Waals surface area (Å²) >= 11 is 0. The number of hydrogen-bond acceptors (Lipinski definition) is 6. The van der Waals surface area contributed by atoms with E-state index in [1.807, 2.05) is 30.3 Å². The molecule has 0 bridgehead atoms. The van der Waals surface area contributed by atoms with Crippen LogP contribution in [-0.2, 0) is 0 Å². The van der Waals surface area contributed by atoms with Crippen molar-refractivity contribution < 1.29 is 9.21 Å². The summed E-state index contributed by atoms with van der Waals surface area (Å²) in [5.74, 6) is 6.20. The second kappa shape index (κ2) is 10.3. The summed E-state index contributed by atoms with van der Waals surface area (Å²) in [5.41, 5.74) is 3.91. The molecule has 40 heavy (non-hydrogen) atoms. The fourth-order valence-corrected chi connectivity index (χ4v) is 4.72. The largest absolute Gasteiger partial charge is 0.458 e. The number of nitrogens with zero attached hydrogens (tertiary/aromatic N) is 4. The van der Waals surface area contributed by atoms with Gasteiger partial charge in [-0.1, -0.05) is 48.2 Å². The lowest BCUT2D eigenvalue weighted by Gasteiger charge is -2.18. The first kappa shape index (κ1) is 24.8. The molecule has 0 spiro atoms. The number of fused-ring (bicyclic) bond motifs is 2. The Kier molecular flexibility index (Phi) is 6.38. The van der Waals surface area contributed by atoms with E-state index in [9.17, 15) is 9.59 Å². The minimum absolute atomic E-state index is 0.225. The predicted molar refractivity (Wildman–Crippen MR) is 152 cm³/mol. The van der Waals surface area contributed by atoms with Crippen molar-refractivity contribution in [1.29, 1.82) is 0 Å². The zero-order chi connectivity index (χ0) is 27.6. The third-order valence-corrected chi connectivity index (χ3v) is 6.57. The van der Waals surface area contributed by atoms with Crippen LogP contribution in [0.5, 0.6) is 0 Å². The lowest BCUT2D eigenvalue weighted by atomic mass is 9.97. The van der Waals surface area contributed by atoms with E-state index in [-0.39, 0.29) is 11.3 Å². The number of nitrogens with one attached hydrogen (secondary N) is 1. The van der Waals surface area contributed by atoms with Gasteiger partial charge >= 0.3 is 0 Å². The molecule has 6 rings (SSSR count). The summed E-state index contributed by atoms with van der Waals surface area (Å²) in [6, 6.07) is 19.3. The Bertz CT molecular complexity index is 2000. The quantitative estimate of drug-likeness (QED) is 0.322. The number of aromatic nitrogens is 4. The van der Waals surface area contributed by atoms with Gasteiger partial charge < -0.3 is 9.73 Å². The number of aryl methyl sites for hydroxylation is 1. The first-order valence-electron chi connectivity index (χ1n) is 12.7. The number of hydrogen-bond donors (Lipinski definition) is 1. The summed E-state index contributed by atoms with van der Waals surface area (Å²) < 4.78 is 7.95. The maximum atomic E-state index is 14.2. The van der Waals surface area contributed by atoms with Crippen LogP contribution in [0.15, 0.2) is 101 Å². The van der Waals surface area contributed by atoms with Gasteiger partial charge in [0.1, 0.15) is 16.9 Å². The van der Waals surface area contributed by atoms with E-state index in [2.05, 4.69) is 32.2 Å². The van der Waals surface area contributed by atoms with E-state index in [1.54, 1.807) is 79.5 Å². The summed E-state index contributed by atoms with van der Waals surface area (Å²) in [6.07, 6.45) is 6.69. The highest BCUT2D eigenvalue weighted by molar-refractivity contribution is 6.01. The molecule has 0 aliphatic heterocycles. The monoisotopic (exact) mass is 525 g/mol. The lowest BCUT2D eigenvalue weighted by Crippen LogP contribution is -2.28. The third kappa shape index (κ3) is 4.50. The van der Waals surface area contributed by atoms with Crippen molar-refractivity contribution in [1.82, 2.24) is 24.9 Å². The van der Waals surface area contributed by atoms with Crippen LogP contribution in [0.2, 0.25) is 0 Å². The van der Waals surface area contributed by atoms with Gasteiger partial charge in [-0.25, -0.2) is 9.50 Å². The van der Waals surface area contributed by atoms with Gasteiger partial charge in [-0.3, -0.25) is 14.6 Å². The fourth-order valence-electron chi connectivity index (χ4n) is 4.72. The van der Waals surface area contributed by atoms with Gasteiger partial charge in [0.15, 0.2) is 5.65 Å². The Labute approximate surface area is 229 Å². The average molecular weight is 526 g/mol. The molecule has 0 saturated carbocycles. The van der Waals surface area contributed by atoms with Gasteiger partial charge in [-0.15, -0.1) is 0 Å². The Morgan fingerprint density at radius 2 is 1.77 bits per heavy atom. The van der Waals surface area contributed by atoms with Crippen molar-refractivity contribution in [2.24, 2.45) is 0 Å². The van der Waals surface area contributed by atoms with Crippen molar-refractivity contribution >= 4 is 22.5 Å². The van der Waals surface area contributed by atoms with E-state index in [1.165, 1.54) is 0 Å². The van der Waals surface area contributed by atoms with E-state index in [0.29, 0.717) is 50.3 Å². The molecule has 1 N–H and O–H groups in total. The fraction of sp³-hybridized carbons (Fsp3) is 0.0938. The van der Waals surface area contributed by atoms with Crippen molar-refractivity contribution in [2.75, 3.05) is 0 Å². The van der Waals surface area contributed by atoms with Crippen molar-refractivity contribution in [3.63, 3.8) is 0 Å². The van der Waals surface area contributed by atoms with Crippen LogP contribution in [0.25, 0.3) is 27.7 Å². The molecular weight excluding hydrogens is 502 g/mol. The Balaban J connectivity index is 1.48. The molecule has 0 saturated heterocycles. The first-order chi connectivity index (χ1) is 19.5. The van der Waals surface area contributed by atoms with Crippen LogP contribution < -0.4 is 10.7 Å². The number of carbonyl (C=O) groups excluding carboxylic acids is 1. The van der Waals surface area contributed by atoms with Crippen LogP contribution in [0.4, 0.5) is 0 Å². The van der Waals surface area contributed by atoms with E-state index >= 15 is 0 Å². The maximum absolute atomic E-state index is 14.2. The summed E-state index contributed by atoms with van der Waals surface area (Å²) in [4.78, 5) is 35.9. The number of carbonyl (C=O) groups is 1. The van der Waals surface area contributed by atoms with Crippen LogP contribution in [-0.4, -0.2) is 25.5 Å². The highest BCUT2D eigenvalue weighted by Gasteiger charge is 2.26. The highest BCUT2D eigenvalue weighted by Crippen LogP contribution is 2.30. The molecule has 0 aliphatic carbocycles. The van der Waals surface area contributed by atoms with E-state index in [4.69, 9.17) is 4.42 Å². The summed E-state index contributed by atoms with van der Waals surface area (Å²) in [5, 5.41) is 7.77. The zero-order valence-corrected chi connectivity index (χ0v) is 21.8. The Morgan fingerprint density at radius 3 is 2.58 bits per heavy atom. The van der Waals surface area contributed by atoms with Gasteiger partial charge in [0.05, 0.1) is 22.7 Å². The Hall–Kier alpha value is -5.55. The van der Waals surface area contributed by atoms with Gasteiger partial charge in [0.25, 0.3) is 5.91 Å². The molecule has 4 aromatic heterocycles. The molecule has 0 aliphatic rings. The number of amides is 1. The van der Waals surface area contributed by atoms with E-state index < -0.39 is 6.04 Å². The minimum Gasteiger partial charge on any atom is -0.458 e. The molecule has 8 heteroatoms. The SMILES string of the molecule is Cc1nn2cccnc2c1C(=O)N[C@@H](C)c1oc2cccc(C#Cc3ccncc3)c2c(=O)c1-c1ccccc1. The molecule has 0 fully saturated rings. The molecule has 2 aromatic carbocycles. The third-order valence-electron chi connectivity index (χ3n) is 6.57. The van der Waals surface area contributed by atoms with Crippen LogP contribution in [0.3, 0.4) is 0 Å². The molecule has 1 amide bonds. The normalized spacial score (nSPS) is 11.7. The summed E-state index contributed by atoms with van der Waals surface area (Å²) in [7, 11) is 0. The second-order valence-electron chi connectivity index (χ2n) is 9.24. The number of pyridine rings is 1. The maximum Gasteiger partial charge on any atom is 0.257 e.